The van der Waals surface area contributed by atoms with Crippen LogP contribution in [0.15, 0.2) is 18.3 Å². The first kappa shape index (κ1) is 13.0. The van der Waals surface area contributed by atoms with Gasteiger partial charge >= 0.3 is 0 Å². The summed E-state index contributed by atoms with van der Waals surface area (Å²) in [6, 6.07) is 4.43. The first-order valence-corrected chi connectivity index (χ1v) is 7.18. The maximum Gasteiger partial charge on any atom is 0.129 e. The Morgan fingerprint density at radius 2 is 1.80 bits per heavy atom. The van der Waals surface area contributed by atoms with Crippen molar-refractivity contribution < 1.29 is 4.74 Å². The molecule has 2 aromatic rings. The zero-order chi connectivity index (χ0) is 14.1. The molecular formula is C16H21N3O. The topological polar surface area (TPSA) is 53.1 Å². The third kappa shape index (κ3) is 2.15. The standard InChI is InChI=1S/C16H21N3O/c1-19-16(17)14(10-18-19)13-8-11-6-4-3-5-7-12(11)9-15(13)20-2/h8-10H,3-7,17H2,1-2H3. The predicted octanol–water partition coefficient (Wildman–Crippen LogP) is 2.95. The van der Waals surface area contributed by atoms with Gasteiger partial charge in [0.1, 0.15) is 11.6 Å². The Labute approximate surface area is 119 Å². The van der Waals surface area contributed by atoms with E-state index in [1.807, 2.05) is 13.2 Å². The number of nitrogens with two attached hydrogens (primary N) is 1. The number of anilines is 1. The van der Waals surface area contributed by atoms with Gasteiger partial charge in [0, 0.05) is 18.2 Å². The van der Waals surface area contributed by atoms with Crippen molar-refractivity contribution in [3.8, 4) is 16.9 Å². The molecule has 1 heterocycles. The monoisotopic (exact) mass is 271 g/mol. The Kier molecular flexibility index (Phi) is 3.38. The Bertz CT molecular complexity index is 631. The van der Waals surface area contributed by atoms with Crippen molar-refractivity contribution in [2.24, 2.45) is 7.05 Å². The molecule has 106 valence electrons. The van der Waals surface area contributed by atoms with E-state index in [9.17, 15) is 0 Å². The highest BCUT2D eigenvalue weighted by Gasteiger charge is 2.17. The van der Waals surface area contributed by atoms with Crippen molar-refractivity contribution >= 4 is 5.82 Å². The lowest BCUT2D eigenvalue weighted by atomic mass is 9.96. The lowest BCUT2D eigenvalue weighted by molar-refractivity contribution is 0.416. The van der Waals surface area contributed by atoms with Crippen LogP contribution >= 0.6 is 0 Å². The van der Waals surface area contributed by atoms with Crippen molar-refractivity contribution in [3.05, 3.63) is 29.5 Å². The van der Waals surface area contributed by atoms with E-state index >= 15 is 0 Å². The number of nitrogen functional groups attached to an aromatic ring is 1. The average molecular weight is 271 g/mol. The molecule has 1 aromatic carbocycles. The minimum absolute atomic E-state index is 0.678. The summed E-state index contributed by atoms with van der Waals surface area (Å²) in [5.41, 5.74) is 11.0. The molecule has 3 rings (SSSR count). The first-order chi connectivity index (χ1) is 9.70. The van der Waals surface area contributed by atoms with Gasteiger partial charge in [-0.25, -0.2) is 0 Å². The summed E-state index contributed by atoms with van der Waals surface area (Å²) in [6.07, 6.45) is 7.95. The van der Waals surface area contributed by atoms with Gasteiger partial charge in [0.05, 0.1) is 13.3 Å². The fourth-order valence-corrected chi connectivity index (χ4v) is 2.97. The molecule has 0 spiro atoms. The smallest absolute Gasteiger partial charge is 0.129 e. The molecule has 0 saturated carbocycles. The highest BCUT2D eigenvalue weighted by Crippen LogP contribution is 2.37. The predicted molar refractivity (Wildman–Crippen MR) is 80.9 cm³/mol. The molecule has 20 heavy (non-hydrogen) atoms. The zero-order valence-electron chi connectivity index (χ0n) is 12.1. The molecule has 1 aromatic heterocycles. The number of methoxy groups -OCH3 is 1. The molecule has 0 fully saturated rings. The van der Waals surface area contributed by atoms with Crippen molar-refractivity contribution in [2.75, 3.05) is 12.8 Å². The van der Waals surface area contributed by atoms with E-state index in [2.05, 4.69) is 17.2 Å². The van der Waals surface area contributed by atoms with Crippen molar-refractivity contribution in [3.63, 3.8) is 0 Å². The third-order valence-corrected chi connectivity index (χ3v) is 4.19. The van der Waals surface area contributed by atoms with E-state index in [-0.39, 0.29) is 0 Å². The zero-order valence-corrected chi connectivity index (χ0v) is 12.1. The largest absolute Gasteiger partial charge is 0.496 e. The average Bonchev–Trinajstić information content (AvgIpc) is 2.67. The summed E-state index contributed by atoms with van der Waals surface area (Å²) in [7, 11) is 3.57. The van der Waals surface area contributed by atoms with Crippen LogP contribution in [0.3, 0.4) is 0 Å². The van der Waals surface area contributed by atoms with Crippen LogP contribution in [0, 0.1) is 0 Å². The second kappa shape index (κ2) is 5.19. The summed E-state index contributed by atoms with van der Waals surface area (Å²) in [4.78, 5) is 0. The van der Waals surface area contributed by atoms with Gasteiger partial charge in [-0.1, -0.05) is 6.42 Å². The molecule has 0 amide bonds. The maximum atomic E-state index is 6.11. The number of ether oxygens (including phenoxy) is 1. The van der Waals surface area contributed by atoms with Crippen LogP contribution in [0.2, 0.25) is 0 Å². The number of aryl methyl sites for hydroxylation is 3. The third-order valence-electron chi connectivity index (χ3n) is 4.19. The number of fused-ring (bicyclic) bond motifs is 1. The molecule has 0 saturated heterocycles. The quantitative estimate of drug-likeness (QED) is 0.854. The van der Waals surface area contributed by atoms with Crippen LogP contribution in [0.1, 0.15) is 30.4 Å². The Balaban J connectivity index is 2.14. The number of hydrogen-bond donors (Lipinski definition) is 1. The Hall–Kier alpha value is -1.97. The SMILES string of the molecule is COc1cc2c(cc1-c1cnn(C)c1N)CCCCC2. The number of nitrogens with zero attached hydrogens (tertiary/aromatic N) is 2. The summed E-state index contributed by atoms with van der Waals surface area (Å²) < 4.78 is 7.27. The molecule has 0 atom stereocenters. The molecule has 4 nitrogen and oxygen atoms in total. The summed E-state index contributed by atoms with van der Waals surface area (Å²) in [6.45, 7) is 0. The first-order valence-electron chi connectivity index (χ1n) is 7.18. The highest BCUT2D eigenvalue weighted by molar-refractivity contribution is 5.79. The summed E-state index contributed by atoms with van der Waals surface area (Å²) >= 11 is 0. The molecule has 2 N–H and O–H groups in total. The normalized spacial score (nSPS) is 14.7. The van der Waals surface area contributed by atoms with Crippen molar-refractivity contribution in [2.45, 2.75) is 32.1 Å². The van der Waals surface area contributed by atoms with Gasteiger partial charge in [0.25, 0.3) is 0 Å². The second-order valence-corrected chi connectivity index (χ2v) is 5.45. The van der Waals surface area contributed by atoms with Gasteiger partial charge in [-0.15, -0.1) is 0 Å². The van der Waals surface area contributed by atoms with Crippen LogP contribution in [0.4, 0.5) is 5.82 Å². The number of benzene rings is 1. The van der Waals surface area contributed by atoms with E-state index in [4.69, 9.17) is 10.5 Å². The number of rotatable bonds is 2. The van der Waals surface area contributed by atoms with Gasteiger partial charge in [0.2, 0.25) is 0 Å². The minimum atomic E-state index is 0.678. The van der Waals surface area contributed by atoms with E-state index in [0.29, 0.717) is 5.82 Å². The molecule has 0 aliphatic heterocycles. The maximum absolute atomic E-state index is 6.11. The fraction of sp³-hybridized carbons (Fsp3) is 0.438. The Morgan fingerprint density at radius 3 is 2.40 bits per heavy atom. The molecule has 1 aliphatic carbocycles. The second-order valence-electron chi connectivity index (χ2n) is 5.45. The van der Waals surface area contributed by atoms with Crippen LogP contribution in [0.25, 0.3) is 11.1 Å². The number of aromatic nitrogens is 2. The fourth-order valence-electron chi connectivity index (χ4n) is 2.97. The molecular weight excluding hydrogens is 250 g/mol. The van der Waals surface area contributed by atoms with Crippen LogP contribution in [-0.4, -0.2) is 16.9 Å². The molecule has 0 radical (unpaired) electrons. The van der Waals surface area contributed by atoms with Crippen LogP contribution in [0.5, 0.6) is 5.75 Å². The van der Waals surface area contributed by atoms with Gasteiger partial charge < -0.3 is 10.5 Å². The molecule has 1 aliphatic rings. The highest BCUT2D eigenvalue weighted by atomic mass is 16.5. The van der Waals surface area contributed by atoms with E-state index in [1.165, 1.54) is 30.4 Å². The van der Waals surface area contributed by atoms with Crippen LogP contribution in [-0.2, 0) is 19.9 Å². The summed E-state index contributed by atoms with van der Waals surface area (Å²) in [5.74, 6) is 1.57. The molecule has 0 bridgehead atoms. The van der Waals surface area contributed by atoms with Crippen molar-refractivity contribution in [1.29, 1.82) is 0 Å². The van der Waals surface area contributed by atoms with Gasteiger partial charge in [-0.05, 0) is 48.9 Å². The van der Waals surface area contributed by atoms with Gasteiger partial charge in [-0.3, -0.25) is 4.68 Å². The van der Waals surface area contributed by atoms with Gasteiger partial charge in [-0.2, -0.15) is 5.10 Å². The molecule has 4 heteroatoms. The van der Waals surface area contributed by atoms with Crippen LogP contribution < -0.4 is 10.5 Å². The van der Waals surface area contributed by atoms with Gasteiger partial charge in [0.15, 0.2) is 0 Å². The van der Waals surface area contributed by atoms with Crippen molar-refractivity contribution in [1.82, 2.24) is 9.78 Å². The minimum Gasteiger partial charge on any atom is -0.496 e. The number of hydrogen-bond acceptors (Lipinski definition) is 3. The van der Waals surface area contributed by atoms with E-state index in [0.717, 1.165) is 29.7 Å². The Morgan fingerprint density at radius 1 is 1.10 bits per heavy atom. The summed E-state index contributed by atoms with van der Waals surface area (Å²) in [5, 5.41) is 4.23. The lowest BCUT2D eigenvalue weighted by Gasteiger charge is -2.14. The molecule has 0 unspecified atom stereocenters. The van der Waals surface area contributed by atoms with E-state index in [1.54, 1.807) is 11.8 Å². The van der Waals surface area contributed by atoms with E-state index < -0.39 is 0 Å². The lowest BCUT2D eigenvalue weighted by Crippen LogP contribution is -2.00.